The molecule has 0 fully saturated rings. The third-order valence-electron chi connectivity index (χ3n) is 4.49. The summed E-state index contributed by atoms with van der Waals surface area (Å²) in [6.45, 7) is 2.18. The number of carbonyl (C=O) groups excluding carboxylic acids is 2. The molecule has 9 nitrogen and oxygen atoms in total. The van der Waals surface area contributed by atoms with Crippen molar-refractivity contribution < 1.29 is 14.3 Å². The van der Waals surface area contributed by atoms with E-state index in [0.717, 1.165) is 11.0 Å². The quantitative estimate of drug-likeness (QED) is 0.432. The number of rotatable bonds is 4. The van der Waals surface area contributed by atoms with Crippen LogP contribution in [-0.2, 0) is 34.8 Å². The van der Waals surface area contributed by atoms with Crippen molar-refractivity contribution in [2.24, 2.45) is 14.1 Å². The Kier molecular flexibility index (Phi) is 4.32. The lowest BCUT2D eigenvalue weighted by molar-refractivity contribution is -0.151. The van der Waals surface area contributed by atoms with Gasteiger partial charge in [0.15, 0.2) is 23.0 Å². The molecule has 9 heteroatoms. The summed E-state index contributed by atoms with van der Waals surface area (Å²) in [7, 11) is 2.85. The molecule has 0 saturated carbocycles. The van der Waals surface area contributed by atoms with Crippen molar-refractivity contribution in [3.63, 3.8) is 0 Å². The number of esters is 1. The molecule has 1 atom stereocenters. The first-order valence-corrected chi connectivity index (χ1v) is 8.24. The molecule has 25 heavy (non-hydrogen) atoms. The van der Waals surface area contributed by atoms with Crippen molar-refractivity contribution in [1.29, 1.82) is 0 Å². The van der Waals surface area contributed by atoms with Crippen LogP contribution in [0, 0.1) is 0 Å². The van der Waals surface area contributed by atoms with Gasteiger partial charge >= 0.3 is 11.7 Å². The van der Waals surface area contributed by atoms with Gasteiger partial charge in [0.25, 0.3) is 5.56 Å². The maximum absolute atomic E-state index is 12.6. The number of aromatic nitrogens is 4. The number of imidazole rings is 1. The smallest absolute Gasteiger partial charge is 0.337 e. The van der Waals surface area contributed by atoms with Gasteiger partial charge in [-0.05, 0) is 6.42 Å². The van der Waals surface area contributed by atoms with Crippen molar-refractivity contribution >= 4 is 22.9 Å². The number of hydrogen-bond acceptors (Lipinski definition) is 6. The second-order valence-electron chi connectivity index (χ2n) is 6.17. The maximum atomic E-state index is 12.6. The summed E-state index contributed by atoms with van der Waals surface area (Å²) in [5.74, 6) is -0.566. The largest absolute Gasteiger partial charge is 0.464 e. The Hall–Kier alpha value is -2.71. The summed E-state index contributed by atoms with van der Waals surface area (Å²) in [4.78, 5) is 53.9. The zero-order valence-electron chi connectivity index (χ0n) is 14.4. The number of ketones is 1. The van der Waals surface area contributed by atoms with Crippen LogP contribution in [0.1, 0.15) is 38.1 Å². The predicted molar refractivity (Wildman–Crippen MR) is 88.4 cm³/mol. The van der Waals surface area contributed by atoms with Gasteiger partial charge in [-0.25, -0.2) is 14.6 Å². The molecule has 2 aromatic rings. The highest BCUT2D eigenvalue weighted by Crippen LogP contribution is 2.26. The van der Waals surface area contributed by atoms with E-state index < -0.39 is 23.3 Å². The van der Waals surface area contributed by atoms with Gasteiger partial charge in [-0.15, -0.1) is 0 Å². The lowest BCUT2D eigenvalue weighted by Crippen LogP contribution is -2.40. The fourth-order valence-corrected chi connectivity index (χ4v) is 3.06. The van der Waals surface area contributed by atoms with Crippen molar-refractivity contribution in [1.82, 2.24) is 18.7 Å². The molecular weight excluding hydrogens is 328 g/mol. The minimum Gasteiger partial charge on any atom is -0.464 e. The number of fused-ring (bicyclic) bond motifs is 3. The molecule has 0 bridgehead atoms. The van der Waals surface area contributed by atoms with Crippen LogP contribution in [0.15, 0.2) is 9.59 Å². The normalized spacial score (nSPS) is 16.9. The number of aryl methyl sites for hydroxylation is 2. The highest BCUT2D eigenvalue weighted by molar-refractivity contribution is 6.03. The molecule has 0 saturated heterocycles. The van der Waals surface area contributed by atoms with Crippen LogP contribution in [0.2, 0.25) is 0 Å². The Balaban J connectivity index is 2.21. The van der Waals surface area contributed by atoms with E-state index in [1.807, 2.05) is 6.92 Å². The molecule has 0 amide bonds. The van der Waals surface area contributed by atoms with Gasteiger partial charge in [-0.2, -0.15) is 0 Å². The standard InChI is InChI=1S/C16H20N4O5/c1-4-5-8-25-15(23)11-9(21)6-7-10-17-13-12(20(10)11)14(22)19(3)16(24)18(13)2/h11H,4-8H2,1-3H3/t11-/m0/s1. The molecule has 1 aliphatic heterocycles. The summed E-state index contributed by atoms with van der Waals surface area (Å²) in [5, 5.41) is 0. The molecular formula is C16H20N4O5. The molecule has 0 N–H and O–H groups in total. The van der Waals surface area contributed by atoms with E-state index in [4.69, 9.17) is 4.74 Å². The first-order valence-electron chi connectivity index (χ1n) is 8.24. The van der Waals surface area contributed by atoms with E-state index in [9.17, 15) is 19.2 Å². The van der Waals surface area contributed by atoms with Gasteiger partial charge in [0, 0.05) is 26.9 Å². The van der Waals surface area contributed by atoms with Gasteiger partial charge in [0.2, 0.25) is 0 Å². The Labute approximate surface area is 142 Å². The number of unbranched alkanes of at least 4 members (excludes halogenated alkanes) is 1. The van der Waals surface area contributed by atoms with E-state index in [2.05, 4.69) is 4.98 Å². The highest BCUT2D eigenvalue weighted by Gasteiger charge is 2.38. The Bertz CT molecular complexity index is 981. The molecule has 3 heterocycles. The lowest BCUT2D eigenvalue weighted by atomic mass is 10.0. The first kappa shape index (κ1) is 17.1. The monoisotopic (exact) mass is 348 g/mol. The Morgan fingerprint density at radius 3 is 2.60 bits per heavy atom. The number of ether oxygens (including phenoxy) is 1. The van der Waals surface area contributed by atoms with Crippen LogP contribution in [0.4, 0.5) is 0 Å². The zero-order chi connectivity index (χ0) is 18.3. The summed E-state index contributed by atoms with van der Waals surface area (Å²) < 4.78 is 8.73. The second kappa shape index (κ2) is 6.30. The molecule has 0 spiro atoms. The van der Waals surface area contributed by atoms with Crippen molar-refractivity contribution in [2.45, 2.75) is 38.6 Å². The SMILES string of the molecule is CCCCOC(=O)[C@@H]1C(=O)CCc2nc3c(c(=O)n(C)c(=O)n3C)n21. The Morgan fingerprint density at radius 1 is 1.20 bits per heavy atom. The van der Waals surface area contributed by atoms with Crippen molar-refractivity contribution in [2.75, 3.05) is 6.61 Å². The zero-order valence-corrected chi connectivity index (χ0v) is 14.4. The van der Waals surface area contributed by atoms with Gasteiger partial charge < -0.3 is 9.30 Å². The summed E-state index contributed by atoms with van der Waals surface area (Å²) in [6.07, 6.45) is 2.00. The maximum Gasteiger partial charge on any atom is 0.337 e. The number of Topliss-reactive ketones (excluding diaryl/α,β-unsaturated/α-hetero) is 1. The molecule has 0 aromatic carbocycles. The molecule has 1 aliphatic rings. The minimum atomic E-state index is -1.23. The van der Waals surface area contributed by atoms with Crippen LogP contribution >= 0.6 is 0 Å². The highest BCUT2D eigenvalue weighted by atomic mass is 16.5. The topological polar surface area (TPSA) is 105 Å². The van der Waals surface area contributed by atoms with Gasteiger partial charge in [-0.1, -0.05) is 13.3 Å². The van der Waals surface area contributed by atoms with E-state index in [0.29, 0.717) is 18.7 Å². The third kappa shape index (κ3) is 2.59. The van der Waals surface area contributed by atoms with Gasteiger partial charge in [-0.3, -0.25) is 18.7 Å². The number of nitrogens with zero attached hydrogens (tertiary/aromatic N) is 4. The van der Waals surface area contributed by atoms with E-state index in [1.54, 1.807) is 0 Å². The van der Waals surface area contributed by atoms with Crippen LogP contribution in [-0.4, -0.2) is 37.0 Å². The fourth-order valence-electron chi connectivity index (χ4n) is 3.06. The summed E-state index contributed by atoms with van der Waals surface area (Å²) >= 11 is 0. The van der Waals surface area contributed by atoms with Gasteiger partial charge in [0.05, 0.1) is 6.61 Å². The third-order valence-corrected chi connectivity index (χ3v) is 4.49. The molecule has 2 aromatic heterocycles. The molecule has 0 radical (unpaired) electrons. The number of hydrogen-bond donors (Lipinski definition) is 0. The Morgan fingerprint density at radius 2 is 1.92 bits per heavy atom. The number of carbonyl (C=O) groups is 2. The van der Waals surface area contributed by atoms with E-state index in [-0.39, 0.29) is 30.0 Å². The van der Waals surface area contributed by atoms with Crippen molar-refractivity contribution in [3.8, 4) is 0 Å². The molecule has 3 rings (SSSR count). The predicted octanol–water partition coefficient (Wildman–Crippen LogP) is -0.167. The van der Waals surface area contributed by atoms with Crippen LogP contribution in [0.25, 0.3) is 11.2 Å². The molecule has 0 aliphatic carbocycles. The van der Waals surface area contributed by atoms with Gasteiger partial charge in [0.1, 0.15) is 5.82 Å². The van der Waals surface area contributed by atoms with E-state index >= 15 is 0 Å². The van der Waals surface area contributed by atoms with Crippen molar-refractivity contribution in [3.05, 3.63) is 26.7 Å². The molecule has 0 unspecified atom stereocenters. The van der Waals surface area contributed by atoms with E-state index in [1.165, 1.54) is 23.2 Å². The first-order chi connectivity index (χ1) is 11.9. The average molecular weight is 348 g/mol. The van der Waals surface area contributed by atoms with Crippen LogP contribution < -0.4 is 11.2 Å². The average Bonchev–Trinajstić information content (AvgIpc) is 2.97. The second-order valence-corrected chi connectivity index (χ2v) is 6.17. The fraction of sp³-hybridized carbons (Fsp3) is 0.562. The summed E-state index contributed by atoms with van der Waals surface area (Å²) in [6, 6.07) is -1.23. The van der Waals surface area contributed by atoms with Crippen LogP contribution in [0.5, 0.6) is 0 Å². The minimum absolute atomic E-state index is 0.0742. The van der Waals surface area contributed by atoms with Crippen LogP contribution in [0.3, 0.4) is 0 Å². The summed E-state index contributed by atoms with van der Waals surface area (Å²) in [5.41, 5.74) is -0.853. The lowest BCUT2D eigenvalue weighted by Gasteiger charge is -2.23. The molecule has 134 valence electrons.